The van der Waals surface area contributed by atoms with Crippen LogP contribution in [0.3, 0.4) is 0 Å². The van der Waals surface area contributed by atoms with E-state index >= 15 is 0 Å². The summed E-state index contributed by atoms with van der Waals surface area (Å²) in [6.45, 7) is 6.45. The van der Waals surface area contributed by atoms with Gasteiger partial charge in [0.05, 0.1) is 4.99 Å². The van der Waals surface area contributed by atoms with Gasteiger partial charge in [0.2, 0.25) is 5.91 Å². The summed E-state index contributed by atoms with van der Waals surface area (Å²) in [5.41, 5.74) is 8.31. The lowest BCUT2D eigenvalue weighted by Gasteiger charge is -2.47. The third-order valence-electron chi connectivity index (χ3n) is 4.72. The maximum Gasteiger partial charge on any atom is 0.247 e. The van der Waals surface area contributed by atoms with Crippen LogP contribution in [0.2, 0.25) is 0 Å². The van der Waals surface area contributed by atoms with Gasteiger partial charge in [0.25, 0.3) is 0 Å². The Balaban J connectivity index is 2.05. The molecule has 1 saturated carbocycles. The number of rotatable bonds is 3. The first-order valence-electron chi connectivity index (χ1n) is 7.26. The minimum Gasteiger partial charge on any atom is -0.392 e. The van der Waals surface area contributed by atoms with Gasteiger partial charge < -0.3 is 5.73 Å². The van der Waals surface area contributed by atoms with Gasteiger partial charge in [-0.1, -0.05) is 25.6 Å². The summed E-state index contributed by atoms with van der Waals surface area (Å²) in [6, 6.07) is 0.766. The summed E-state index contributed by atoms with van der Waals surface area (Å²) < 4.78 is 0. The Kier molecular flexibility index (Phi) is 4.16. The number of hydrogen-bond donors (Lipinski definition) is 2. The number of hydrazine groups is 1. The SMILES string of the molecule is CC1CC(C(=O)NN2C(C)CCCC2C)(C(N)=S)C1. The molecule has 1 aliphatic carbocycles. The van der Waals surface area contributed by atoms with Gasteiger partial charge in [-0.3, -0.25) is 10.2 Å². The van der Waals surface area contributed by atoms with Gasteiger partial charge in [0, 0.05) is 12.1 Å². The third-order valence-corrected chi connectivity index (χ3v) is 5.12. The predicted molar refractivity (Wildman–Crippen MR) is 80.4 cm³/mol. The summed E-state index contributed by atoms with van der Waals surface area (Å²) >= 11 is 5.14. The van der Waals surface area contributed by atoms with Crippen LogP contribution in [-0.2, 0) is 4.79 Å². The first-order chi connectivity index (χ1) is 8.86. The van der Waals surface area contributed by atoms with Crippen LogP contribution in [0, 0.1) is 11.3 Å². The molecule has 108 valence electrons. The third kappa shape index (κ3) is 2.63. The van der Waals surface area contributed by atoms with Crippen molar-refractivity contribution in [2.24, 2.45) is 17.1 Å². The smallest absolute Gasteiger partial charge is 0.247 e. The van der Waals surface area contributed by atoms with E-state index in [1.54, 1.807) is 0 Å². The second kappa shape index (κ2) is 5.37. The number of carbonyl (C=O) groups is 1. The van der Waals surface area contributed by atoms with Gasteiger partial charge in [0.15, 0.2) is 0 Å². The van der Waals surface area contributed by atoms with Crippen LogP contribution >= 0.6 is 12.2 Å². The van der Waals surface area contributed by atoms with E-state index in [0.717, 1.165) is 25.7 Å². The molecule has 1 saturated heterocycles. The monoisotopic (exact) mass is 283 g/mol. The molecule has 0 bridgehead atoms. The quantitative estimate of drug-likeness (QED) is 0.778. The predicted octanol–water partition coefficient (Wildman–Crippen LogP) is 1.98. The maximum atomic E-state index is 12.6. The van der Waals surface area contributed by atoms with Crippen molar-refractivity contribution in [3.8, 4) is 0 Å². The van der Waals surface area contributed by atoms with Gasteiger partial charge in [-0.2, -0.15) is 0 Å². The highest BCUT2D eigenvalue weighted by atomic mass is 32.1. The highest BCUT2D eigenvalue weighted by molar-refractivity contribution is 7.80. The minimum atomic E-state index is -0.606. The number of thiocarbonyl (C=S) groups is 1. The summed E-state index contributed by atoms with van der Waals surface area (Å²) in [6.07, 6.45) is 5.05. The van der Waals surface area contributed by atoms with Gasteiger partial charge in [-0.05, 0) is 45.4 Å². The number of hydrogen-bond acceptors (Lipinski definition) is 3. The second-order valence-corrected chi connectivity index (χ2v) is 6.88. The molecule has 2 rings (SSSR count). The molecule has 3 N–H and O–H groups in total. The minimum absolute atomic E-state index is 0.00120. The number of nitrogens with two attached hydrogens (primary N) is 1. The van der Waals surface area contributed by atoms with E-state index in [9.17, 15) is 4.79 Å². The molecule has 0 radical (unpaired) electrons. The van der Waals surface area contributed by atoms with Crippen LogP contribution in [0.5, 0.6) is 0 Å². The van der Waals surface area contributed by atoms with Crippen molar-refractivity contribution in [3.63, 3.8) is 0 Å². The fraction of sp³-hybridized carbons (Fsp3) is 0.857. The number of carbonyl (C=O) groups excluding carboxylic acids is 1. The van der Waals surface area contributed by atoms with Gasteiger partial charge in [-0.15, -0.1) is 0 Å². The average Bonchev–Trinajstić information content (AvgIpc) is 2.29. The lowest BCUT2D eigenvalue weighted by atomic mass is 9.62. The molecule has 2 unspecified atom stereocenters. The lowest BCUT2D eigenvalue weighted by molar-refractivity contribution is -0.141. The number of amides is 1. The van der Waals surface area contributed by atoms with E-state index in [4.69, 9.17) is 18.0 Å². The number of nitrogens with zero attached hydrogens (tertiary/aromatic N) is 1. The van der Waals surface area contributed by atoms with Crippen molar-refractivity contribution < 1.29 is 4.79 Å². The zero-order valence-corrected chi connectivity index (χ0v) is 12.9. The van der Waals surface area contributed by atoms with Crippen LogP contribution in [-0.4, -0.2) is 28.0 Å². The fourth-order valence-electron chi connectivity index (χ4n) is 3.49. The largest absolute Gasteiger partial charge is 0.392 e. The van der Waals surface area contributed by atoms with Gasteiger partial charge in [-0.25, -0.2) is 5.01 Å². The Morgan fingerprint density at radius 1 is 1.26 bits per heavy atom. The Morgan fingerprint density at radius 3 is 2.21 bits per heavy atom. The van der Waals surface area contributed by atoms with Crippen LogP contribution in [0.15, 0.2) is 0 Å². The molecule has 1 aliphatic heterocycles. The van der Waals surface area contributed by atoms with Crippen molar-refractivity contribution in [2.45, 2.75) is 65.0 Å². The molecule has 4 nitrogen and oxygen atoms in total. The molecule has 5 heteroatoms. The highest BCUT2D eigenvalue weighted by Gasteiger charge is 2.51. The molecule has 0 spiro atoms. The second-order valence-electron chi connectivity index (χ2n) is 6.44. The van der Waals surface area contributed by atoms with Crippen LogP contribution in [0.25, 0.3) is 0 Å². The van der Waals surface area contributed by atoms with Crippen molar-refractivity contribution >= 4 is 23.1 Å². The fourth-order valence-corrected chi connectivity index (χ4v) is 3.75. The summed E-state index contributed by atoms with van der Waals surface area (Å²) in [5.74, 6) is 0.530. The molecular weight excluding hydrogens is 258 g/mol. The topological polar surface area (TPSA) is 58.4 Å². The molecule has 0 aromatic rings. The van der Waals surface area contributed by atoms with Gasteiger partial charge >= 0.3 is 0 Å². The first kappa shape index (κ1) is 14.7. The molecule has 1 amide bonds. The molecule has 2 aliphatic rings. The van der Waals surface area contributed by atoms with Crippen LogP contribution < -0.4 is 11.2 Å². The molecule has 19 heavy (non-hydrogen) atoms. The highest BCUT2D eigenvalue weighted by Crippen LogP contribution is 2.46. The van der Waals surface area contributed by atoms with Crippen molar-refractivity contribution in [3.05, 3.63) is 0 Å². The van der Waals surface area contributed by atoms with Gasteiger partial charge in [0.1, 0.15) is 5.41 Å². The van der Waals surface area contributed by atoms with Crippen molar-refractivity contribution in [2.75, 3.05) is 0 Å². The Bertz CT molecular complexity index is 369. The van der Waals surface area contributed by atoms with E-state index in [1.807, 2.05) is 0 Å². The van der Waals surface area contributed by atoms with E-state index in [1.165, 1.54) is 6.42 Å². The number of piperidine rings is 1. The Labute approximate surface area is 121 Å². The van der Waals surface area contributed by atoms with Crippen molar-refractivity contribution in [1.82, 2.24) is 10.4 Å². The molecular formula is C14H25N3OS. The maximum absolute atomic E-state index is 12.6. The first-order valence-corrected chi connectivity index (χ1v) is 7.67. The number of nitrogens with one attached hydrogen (secondary N) is 1. The van der Waals surface area contributed by atoms with E-state index < -0.39 is 5.41 Å². The average molecular weight is 283 g/mol. The lowest BCUT2D eigenvalue weighted by Crippen LogP contribution is -2.62. The Morgan fingerprint density at radius 2 is 1.79 bits per heavy atom. The summed E-state index contributed by atoms with van der Waals surface area (Å²) in [7, 11) is 0. The molecule has 1 heterocycles. The molecule has 2 fully saturated rings. The molecule has 0 aromatic heterocycles. The Hall–Kier alpha value is -0.680. The molecule has 2 atom stereocenters. The molecule has 0 aromatic carbocycles. The van der Waals surface area contributed by atoms with E-state index in [2.05, 4.69) is 31.2 Å². The zero-order valence-electron chi connectivity index (χ0n) is 12.1. The van der Waals surface area contributed by atoms with E-state index in [-0.39, 0.29) is 5.91 Å². The standard InChI is InChI=1S/C14H25N3OS/c1-9-7-14(8-9,12(15)19)13(18)16-17-10(2)5-4-6-11(17)3/h9-11H,4-8H2,1-3H3,(H2,15,19)(H,16,18). The van der Waals surface area contributed by atoms with Crippen LogP contribution in [0.1, 0.15) is 52.9 Å². The normalized spacial score (nSPS) is 39.4. The summed E-state index contributed by atoms with van der Waals surface area (Å²) in [4.78, 5) is 12.9. The van der Waals surface area contributed by atoms with Crippen molar-refractivity contribution in [1.29, 1.82) is 0 Å². The summed E-state index contributed by atoms with van der Waals surface area (Å²) in [5, 5.41) is 2.09. The van der Waals surface area contributed by atoms with E-state index in [0.29, 0.717) is 23.0 Å². The van der Waals surface area contributed by atoms with Crippen LogP contribution in [0.4, 0.5) is 0 Å². The zero-order chi connectivity index (χ0) is 14.2.